The van der Waals surface area contributed by atoms with Crippen molar-refractivity contribution in [1.82, 2.24) is 9.97 Å². The Morgan fingerprint density at radius 1 is 1.27 bits per heavy atom. The number of nitrogens with zero attached hydrogens (tertiary/aromatic N) is 3. The molecule has 2 atom stereocenters. The second-order valence-corrected chi connectivity index (χ2v) is 7.45. The van der Waals surface area contributed by atoms with Gasteiger partial charge >= 0.3 is 0 Å². The van der Waals surface area contributed by atoms with Crippen molar-refractivity contribution in [3.63, 3.8) is 0 Å². The fourth-order valence-electron chi connectivity index (χ4n) is 2.87. The van der Waals surface area contributed by atoms with Crippen molar-refractivity contribution in [1.29, 1.82) is 0 Å². The minimum atomic E-state index is 0.156. The third-order valence-electron chi connectivity index (χ3n) is 4.16. The minimum Gasteiger partial charge on any atom is -0.393 e. The van der Waals surface area contributed by atoms with Crippen LogP contribution in [0.4, 0.5) is 17.3 Å². The molecule has 0 bridgehead atoms. The molecule has 1 aliphatic rings. The highest BCUT2D eigenvalue weighted by Gasteiger charge is 2.26. The van der Waals surface area contributed by atoms with Crippen molar-refractivity contribution in [3.05, 3.63) is 4.91 Å². The van der Waals surface area contributed by atoms with Gasteiger partial charge in [0.15, 0.2) is 16.8 Å². The molecule has 1 fully saturated rings. The van der Waals surface area contributed by atoms with E-state index in [1.54, 1.807) is 11.8 Å². The summed E-state index contributed by atoms with van der Waals surface area (Å²) in [5.41, 5.74) is 6.86. The monoisotopic (exact) mass is 382 g/mol. The average Bonchev–Trinajstić information content (AvgIpc) is 3.08. The molecule has 0 amide bonds. The summed E-state index contributed by atoms with van der Waals surface area (Å²) in [6, 6.07) is 0.254. The van der Waals surface area contributed by atoms with Gasteiger partial charge in [-0.3, -0.25) is 0 Å². The number of nitrogens with two attached hydrogens (primary N) is 1. The van der Waals surface area contributed by atoms with E-state index in [0.717, 1.165) is 49.6 Å². The fraction of sp³-hybridized carbons (Fsp3) is 0.765. The first-order valence-corrected chi connectivity index (χ1v) is 10.4. The number of hydrogen-bond acceptors (Lipinski definition) is 9. The number of ether oxygens (including phenoxy) is 1. The topological polar surface area (TPSA) is 115 Å². The van der Waals surface area contributed by atoms with Crippen molar-refractivity contribution in [2.24, 2.45) is 5.18 Å². The highest BCUT2D eigenvalue weighted by Crippen LogP contribution is 2.31. The molecule has 9 heteroatoms. The first-order valence-electron chi connectivity index (χ1n) is 9.39. The van der Waals surface area contributed by atoms with E-state index in [9.17, 15) is 4.91 Å². The molecule has 0 saturated heterocycles. The summed E-state index contributed by atoms with van der Waals surface area (Å²) in [6.07, 6.45) is 5.04. The zero-order valence-electron chi connectivity index (χ0n) is 15.7. The lowest BCUT2D eigenvalue weighted by atomic mass is 10.2. The Morgan fingerprint density at radius 3 is 2.81 bits per heavy atom. The maximum absolute atomic E-state index is 10.2. The fourth-order valence-corrected chi connectivity index (χ4v) is 3.57. The van der Waals surface area contributed by atoms with Gasteiger partial charge in [-0.2, -0.15) is 4.91 Å². The number of hydrogen-bond donors (Lipinski definition) is 3. The van der Waals surface area contributed by atoms with E-state index >= 15 is 0 Å². The summed E-state index contributed by atoms with van der Waals surface area (Å²) in [4.78, 5) is 19.3. The molecule has 1 aromatic rings. The molecule has 26 heavy (non-hydrogen) atoms. The number of nitrogen functional groups attached to an aromatic ring is 1. The largest absolute Gasteiger partial charge is 0.393 e. The van der Waals surface area contributed by atoms with Crippen molar-refractivity contribution in [2.45, 2.75) is 63.3 Å². The number of nitroso groups, excluding NO2 is 1. The Hall–Kier alpha value is -1.61. The third kappa shape index (κ3) is 6.28. The third-order valence-corrected chi connectivity index (χ3v) is 5.22. The minimum absolute atomic E-state index is 0.156. The van der Waals surface area contributed by atoms with Gasteiger partial charge in [-0.1, -0.05) is 30.8 Å². The Balaban J connectivity index is 2.03. The van der Waals surface area contributed by atoms with E-state index in [4.69, 9.17) is 10.5 Å². The van der Waals surface area contributed by atoms with Crippen LogP contribution in [0.3, 0.4) is 0 Å². The number of thioether (sulfide) groups is 1. The average molecular weight is 383 g/mol. The lowest BCUT2D eigenvalue weighted by Crippen LogP contribution is -2.21. The summed E-state index contributed by atoms with van der Waals surface area (Å²) in [5.74, 6) is 2.36. The second-order valence-electron chi connectivity index (χ2n) is 6.39. The van der Waals surface area contributed by atoms with Crippen molar-refractivity contribution >= 4 is 29.1 Å². The van der Waals surface area contributed by atoms with Crippen LogP contribution >= 0.6 is 11.8 Å². The normalized spacial score (nSPS) is 19.5. The molecule has 0 spiro atoms. The SMILES string of the molecule is CCCNc1nc(SCCC)nc(NC2CCC(OCCN=O)C2)c1N. The van der Waals surface area contributed by atoms with Gasteiger partial charge in [0.25, 0.3) is 0 Å². The molecule has 2 rings (SSSR count). The molecule has 2 unspecified atom stereocenters. The zero-order valence-corrected chi connectivity index (χ0v) is 16.5. The molecular formula is C17H30N6O2S. The lowest BCUT2D eigenvalue weighted by molar-refractivity contribution is 0.0637. The van der Waals surface area contributed by atoms with E-state index in [1.165, 1.54) is 0 Å². The maximum atomic E-state index is 10.2. The van der Waals surface area contributed by atoms with E-state index in [1.807, 2.05) is 0 Å². The molecule has 4 N–H and O–H groups in total. The molecule has 1 heterocycles. The van der Waals surface area contributed by atoms with Gasteiger partial charge in [0.1, 0.15) is 12.2 Å². The zero-order chi connectivity index (χ0) is 18.8. The predicted molar refractivity (Wildman–Crippen MR) is 108 cm³/mol. The molecule has 1 aromatic heterocycles. The van der Waals surface area contributed by atoms with Gasteiger partial charge in [0.05, 0.1) is 12.7 Å². The van der Waals surface area contributed by atoms with Gasteiger partial charge in [-0.05, 0) is 32.1 Å². The number of nitrogens with one attached hydrogen (secondary N) is 2. The van der Waals surface area contributed by atoms with Crippen LogP contribution in [0.5, 0.6) is 0 Å². The first-order chi connectivity index (χ1) is 12.7. The summed E-state index contributed by atoms with van der Waals surface area (Å²) in [5, 5.41) is 10.3. The smallest absolute Gasteiger partial charge is 0.191 e. The number of anilines is 3. The van der Waals surface area contributed by atoms with E-state index in [2.05, 4.69) is 39.6 Å². The summed E-state index contributed by atoms with van der Waals surface area (Å²) in [7, 11) is 0. The first kappa shape index (κ1) is 20.7. The van der Waals surface area contributed by atoms with Crippen LogP contribution in [0.15, 0.2) is 10.3 Å². The standard InChI is InChI=1S/C17H30N6O2S/c1-3-7-19-15-14(18)16(23-17(22-15)26-10-4-2)21-12-5-6-13(11-12)25-9-8-20-24/h12-13H,3-11,18H2,1-2H3,(H2,19,21,22,23). The molecule has 146 valence electrons. The van der Waals surface area contributed by atoms with Crippen molar-refractivity contribution in [2.75, 3.05) is 41.8 Å². The molecule has 0 radical (unpaired) electrons. The molecule has 8 nitrogen and oxygen atoms in total. The number of aromatic nitrogens is 2. The Morgan fingerprint density at radius 2 is 2.08 bits per heavy atom. The van der Waals surface area contributed by atoms with E-state index in [0.29, 0.717) is 23.9 Å². The van der Waals surface area contributed by atoms with Crippen LogP contribution in [-0.4, -0.2) is 47.6 Å². The van der Waals surface area contributed by atoms with Crippen LogP contribution in [-0.2, 0) is 4.74 Å². The summed E-state index contributed by atoms with van der Waals surface area (Å²) in [6.45, 7) is 5.66. The summed E-state index contributed by atoms with van der Waals surface area (Å²) < 4.78 is 5.68. The van der Waals surface area contributed by atoms with Crippen molar-refractivity contribution in [3.8, 4) is 0 Å². The highest BCUT2D eigenvalue weighted by atomic mass is 32.2. The summed E-state index contributed by atoms with van der Waals surface area (Å²) >= 11 is 1.64. The second kappa shape index (κ2) is 11.2. The van der Waals surface area contributed by atoms with Crippen LogP contribution in [0.25, 0.3) is 0 Å². The number of rotatable bonds is 12. The van der Waals surface area contributed by atoms with Crippen LogP contribution < -0.4 is 16.4 Å². The lowest BCUT2D eigenvalue weighted by Gasteiger charge is -2.18. The van der Waals surface area contributed by atoms with Crippen LogP contribution in [0, 0.1) is 4.91 Å². The highest BCUT2D eigenvalue weighted by molar-refractivity contribution is 7.99. The van der Waals surface area contributed by atoms with Gasteiger partial charge in [-0.25, -0.2) is 9.97 Å². The molecular weight excluding hydrogens is 352 g/mol. The molecule has 0 aliphatic heterocycles. The Kier molecular flexibility index (Phi) is 8.90. The molecule has 1 aliphatic carbocycles. The predicted octanol–water partition coefficient (Wildman–Crippen LogP) is 3.50. The quantitative estimate of drug-likeness (QED) is 0.218. The van der Waals surface area contributed by atoms with Crippen LogP contribution in [0.1, 0.15) is 46.0 Å². The molecule has 0 aromatic carbocycles. The Bertz CT molecular complexity index is 574. The van der Waals surface area contributed by atoms with E-state index in [-0.39, 0.29) is 18.7 Å². The maximum Gasteiger partial charge on any atom is 0.191 e. The van der Waals surface area contributed by atoms with Crippen LogP contribution in [0.2, 0.25) is 0 Å². The van der Waals surface area contributed by atoms with Gasteiger partial charge < -0.3 is 21.1 Å². The van der Waals surface area contributed by atoms with Gasteiger partial charge in [0.2, 0.25) is 0 Å². The van der Waals surface area contributed by atoms with E-state index < -0.39 is 0 Å². The molecule has 1 saturated carbocycles. The Labute approximate surface area is 159 Å². The van der Waals surface area contributed by atoms with Crippen molar-refractivity contribution < 1.29 is 4.74 Å². The van der Waals surface area contributed by atoms with Gasteiger partial charge in [0, 0.05) is 18.3 Å². The van der Waals surface area contributed by atoms with Gasteiger partial charge in [-0.15, -0.1) is 0 Å².